The molecule has 2 nitrogen and oxygen atoms in total. The van der Waals surface area contributed by atoms with E-state index in [1.54, 1.807) is 12.3 Å². The van der Waals surface area contributed by atoms with Gasteiger partial charge in [0.25, 0.3) is 0 Å². The Kier molecular flexibility index (Phi) is 2.96. The summed E-state index contributed by atoms with van der Waals surface area (Å²) in [5.41, 5.74) is 1.58. The molecule has 0 saturated carbocycles. The van der Waals surface area contributed by atoms with Gasteiger partial charge in [0, 0.05) is 11.8 Å². The van der Waals surface area contributed by atoms with Crippen molar-refractivity contribution in [1.82, 2.24) is 9.97 Å². The summed E-state index contributed by atoms with van der Waals surface area (Å²) < 4.78 is 0. The average molecular weight is 215 g/mol. The van der Waals surface area contributed by atoms with Gasteiger partial charge in [-0.1, -0.05) is 24.1 Å². The molecule has 0 unspecified atom stereocenters. The zero-order chi connectivity index (χ0) is 10.5. The Morgan fingerprint density at radius 2 is 1.80 bits per heavy atom. The molecule has 0 atom stereocenters. The fraction of sp³-hybridized carbons (Fsp3) is 0. The minimum Gasteiger partial charge on any atom is -0.226 e. The van der Waals surface area contributed by atoms with E-state index in [1.807, 2.05) is 30.3 Å². The van der Waals surface area contributed by atoms with Gasteiger partial charge in [-0.2, -0.15) is 0 Å². The van der Waals surface area contributed by atoms with Crippen molar-refractivity contribution >= 4 is 11.6 Å². The van der Waals surface area contributed by atoms with Gasteiger partial charge in [-0.3, -0.25) is 0 Å². The minimum absolute atomic E-state index is 0.217. The molecule has 3 heteroatoms. The lowest BCUT2D eigenvalue weighted by Crippen LogP contribution is -1.85. The van der Waals surface area contributed by atoms with Gasteiger partial charge in [-0.05, 0) is 35.7 Å². The van der Waals surface area contributed by atoms with Crippen molar-refractivity contribution in [2.75, 3.05) is 0 Å². The number of aromatic nitrogens is 2. The van der Waals surface area contributed by atoms with E-state index >= 15 is 0 Å². The monoisotopic (exact) mass is 214 g/mol. The average Bonchev–Trinajstić information content (AvgIpc) is 2.28. The van der Waals surface area contributed by atoms with Gasteiger partial charge in [0.05, 0.1) is 0 Å². The van der Waals surface area contributed by atoms with Crippen LogP contribution in [0.4, 0.5) is 0 Å². The molecule has 0 aliphatic rings. The SMILES string of the molecule is Clc1nccc(C#Cc2ccccc2)n1. The predicted octanol–water partition coefficient (Wildman–Crippen LogP) is 2.53. The van der Waals surface area contributed by atoms with Crippen LogP contribution in [0.25, 0.3) is 0 Å². The van der Waals surface area contributed by atoms with E-state index in [-0.39, 0.29) is 5.28 Å². The van der Waals surface area contributed by atoms with Crippen molar-refractivity contribution in [3.63, 3.8) is 0 Å². The first-order valence-corrected chi connectivity index (χ1v) is 4.78. The highest BCUT2D eigenvalue weighted by Gasteiger charge is 1.91. The summed E-state index contributed by atoms with van der Waals surface area (Å²) >= 11 is 5.64. The third-order valence-electron chi connectivity index (χ3n) is 1.73. The molecular weight excluding hydrogens is 208 g/mol. The van der Waals surface area contributed by atoms with Crippen molar-refractivity contribution in [3.8, 4) is 11.8 Å². The fourth-order valence-corrected chi connectivity index (χ4v) is 1.21. The maximum absolute atomic E-state index is 5.64. The smallest absolute Gasteiger partial charge is 0.223 e. The molecule has 1 aromatic heterocycles. The summed E-state index contributed by atoms with van der Waals surface area (Å²) in [5, 5.41) is 0.217. The first-order chi connectivity index (χ1) is 7.34. The maximum Gasteiger partial charge on any atom is 0.223 e. The maximum atomic E-state index is 5.64. The summed E-state index contributed by atoms with van der Waals surface area (Å²) in [6, 6.07) is 11.4. The molecule has 1 aromatic carbocycles. The molecule has 0 spiro atoms. The predicted molar refractivity (Wildman–Crippen MR) is 59.5 cm³/mol. The summed E-state index contributed by atoms with van der Waals surface area (Å²) in [4.78, 5) is 7.75. The van der Waals surface area contributed by atoms with E-state index in [1.165, 1.54) is 0 Å². The van der Waals surface area contributed by atoms with Crippen LogP contribution in [0, 0.1) is 11.8 Å². The van der Waals surface area contributed by atoms with Crippen molar-refractivity contribution in [1.29, 1.82) is 0 Å². The second kappa shape index (κ2) is 4.59. The Morgan fingerprint density at radius 3 is 2.53 bits per heavy atom. The van der Waals surface area contributed by atoms with Crippen LogP contribution in [0.5, 0.6) is 0 Å². The molecule has 15 heavy (non-hydrogen) atoms. The first kappa shape index (κ1) is 9.70. The van der Waals surface area contributed by atoms with E-state index in [2.05, 4.69) is 21.8 Å². The van der Waals surface area contributed by atoms with E-state index in [0.717, 1.165) is 5.56 Å². The van der Waals surface area contributed by atoms with Crippen LogP contribution in [-0.4, -0.2) is 9.97 Å². The standard InChI is InChI=1S/C12H7ClN2/c13-12-14-9-8-11(15-12)7-6-10-4-2-1-3-5-10/h1-5,8-9H. The highest BCUT2D eigenvalue weighted by atomic mass is 35.5. The topological polar surface area (TPSA) is 25.8 Å². The third-order valence-corrected chi connectivity index (χ3v) is 1.92. The van der Waals surface area contributed by atoms with E-state index < -0.39 is 0 Å². The van der Waals surface area contributed by atoms with Crippen LogP contribution in [-0.2, 0) is 0 Å². The fourth-order valence-electron chi connectivity index (χ4n) is 1.06. The number of hydrogen-bond donors (Lipinski definition) is 0. The largest absolute Gasteiger partial charge is 0.226 e. The zero-order valence-electron chi connectivity index (χ0n) is 7.81. The second-order valence-electron chi connectivity index (χ2n) is 2.83. The Bertz CT molecular complexity index is 512. The quantitative estimate of drug-likeness (QED) is 0.498. The molecule has 0 fully saturated rings. The highest BCUT2D eigenvalue weighted by Crippen LogP contribution is 2.00. The summed E-state index contributed by atoms with van der Waals surface area (Å²) in [5.74, 6) is 5.91. The molecule has 0 bridgehead atoms. The Morgan fingerprint density at radius 1 is 1.00 bits per heavy atom. The van der Waals surface area contributed by atoms with Crippen molar-refractivity contribution in [3.05, 3.63) is 59.1 Å². The molecule has 0 radical (unpaired) electrons. The second-order valence-corrected chi connectivity index (χ2v) is 3.16. The van der Waals surface area contributed by atoms with Crippen LogP contribution in [0.2, 0.25) is 5.28 Å². The van der Waals surface area contributed by atoms with E-state index in [4.69, 9.17) is 11.6 Å². The Balaban J connectivity index is 2.26. The van der Waals surface area contributed by atoms with Crippen molar-refractivity contribution in [2.24, 2.45) is 0 Å². The molecule has 0 N–H and O–H groups in total. The Hall–Kier alpha value is -1.85. The molecule has 1 heterocycles. The Labute approximate surface area is 93.0 Å². The molecule has 0 saturated heterocycles. The van der Waals surface area contributed by atoms with Gasteiger partial charge < -0.3 is 0 Å². The minimum atomic E-state index is 0.217. The van der Waals surface area contributed by atoms with Crippen LogP contribution in [0.3, 0.4) is 0 Å². The van der Waals surface area contributed by atoms with Crippen LogP contribution in [0.15, 0.2) is 42.6 Å². The third kappa shape index (κ3) is 2.80. The number of hydrogen-bond acceptors (Lipinski definition) is 2. The molecule has 0 aliphatic heterocycles. The van der Waals surface area contributed by atoms with Gasteiger partial charge in [-0.15, -0.1) is 0 Å². The van der Waals surface area contributed by atoms with Crippen molar-refractivity contribution in [2.45, 2.75) is 0 Å². The number of nitrogens with zero attached hydrogens (tertiary/aromatic N) is 2. The number of rotatable bonds is 0. The van der Waals surface area contributed by atoms with Gasteiger partial charge in [0.1, 0.15) is 5.69 Å². The molecule has 2 rings (SSSR count). The molecule has 72 valence electrons. The molecule has 2 aromatic rings. The lowest BCUT2D eigenvalue weighted by atomic mass is 10.2. The van der Waals surface area contributed by atoms with Crippen LogP contribution >= 0.6 is 11.6 Å². The summed E-state index contributed by atoms with van der Waals surface area (Å²) in [6.45, 7) is 0. The molecule has 0 amide bonds. The number of halogens is 1. The van der Waals surface area contributed by atoms with Crippen LogP contribution < -0.4 is 0 Å². The normalized spacial score (nSPS) is 9.13. The molecule has 0 aliphatic carbocycles. The van der Waals surface area contributed by atoms with Crippen molar-refractivity contribution < 1.29 is 0 Å². The van der Waals surface area contributed by atoms with Gasteiger partial charge in [0.2, 0.25) is 5.28 Å². The van der Waals surface area contributed by atoms with Gasteiger partial charge in [-0.25, -0.2) is 9.97 Å². The zero-order valence-corrected chi connectivity index (χ0v) is 8.57. The highest BCUT2D eigenvalue weighted by molar-refractivity contribution is 6.28. The first-order valence-electron chi connectivity index (χ1n) is 4.40. The van der Waals surface area contributed by atoms with Gasteiger partial charge in [0.15, 0.2) is 0 Å². The number of benzene rings is 1. The lowest BCUT2D eigenvalue weighted by molar-refractivity contribution is 1.15. The summed E-state index contributed by atoms with van der Waals surface area (Å²) in [7, 11) is 0. The van der Waals surface area contributed by atoms with E-state index in [0.29, 0.717) is 5.69 Å². The van der Waals surface area contributed by atoms with E-state index in [9.17, 15) is 0 Å². The summed E-state index contributed by atoms with van der Waals surface area (Å²) in [6.07, 6.45) is 1.59. The van der Waals surface area contributed by atoms with Crippen LogP contribution in [0.1, 0.15) is 11.3 Å². The lowest BCUT2D eigenvalue weighted by Gasteiger charge is -1.89. The van der Waals surface area contributed by atoms with Gasteiger partial charge >= 0.3 is 0 Å². The molecular formula is C12H7ClN2.